The third-order valence-electron chi connectivity index (χ3n) is 5.35. The van der Waals surface area contributed by atoms with Crippen LogP contribution in [0, 0.1) is 0 Å². The normalized spacial score (nSPS) is 22.5. The van der Waals surface area contributed by atoms with Crippen LogP contribution in [0.1, 0.15) is 32.6 Å². The van der Waals surface area contributed by atoms with Gasteiger partial charge >= 0.3 is 6.03 Å². The zero-order valence-electron chi connectivity index (χ0n) is 15.0. The Hall–Kier alpha value is -1.75. The fourth-order valence-corrected chi connectivity index (χ4v) is 3.71. The van der Waals surface area contributed by atoms with Gasteiger partial charge in [-0.2, -0.15) is 0 Å². The van der Waals surface area contributed by atoms with E-state index in [9.17, 15) is 4.79 Å². The summed E-state index contributed by atoms with van der Waals surface area (Å²) in [5.41, 5.74) is 2.13. The van der Waals surface area contributed by atoms with Crippen LogP contribution < -0.4 is 10.2 Å². The van der Waals surface area contributed by atoms with Gasteiger partial charge in [-0.05, 0) is 57.0 Å². The number of rotatable bonds is 3. The van der Waals surface area contributed by atoms with E-state index in [2.05, 4.69) is 41.2 Å². The first-order valence-electron chi connectivity index (χ1n) is 9.28. The number of hydrogen-bond donors (Lipinski definition) is 1. The molecule has 5 heteroatoms. The Labute approximate surface area is 145 Å². The Morgan fingerprint density at radius 1 is 1.08 bits per heavy atom. The molecule has 0 radical (unpaired) electrons. The number of piperazine rings is 1. The van der Waals surface area contributed by atoms with Crippen LogP contribution in [0.3, 0.4) is 0 Å². The highest BCUT2D eigenvalue weighted by atomic mass is 16.2. The molecule has 2 heterocycles. The van der Waals surface area contributed by atoms with Crippen LogP contribution in [-0.4, -0.2) is 61.6 Å². The summed E-state index contributed by atoms with van der Waals surface area (Å²) in [5, 5.41) is 3.07. The summed E-state index contributed by atoms with van der Waals surface area (Å²) in [6.07, 6.45) is 4.52. The van der Waals surface area contributed by atoms with E-state index in [1.54, 1.807) is 0 Å². The molecule has 1 aromatic carbocycles. The van der Waals surface area contributed by atoms with Crippen molar-refractivity contribution in [3.8, 4) is 0 Å². The van der Waals surface area contributed by atoms with Crippen LogP contribution in [0.5, 0.6) is 0 Å². The molecule has 2 saturated heterocycles. The number of carbonyl (C=O) groups is 1. The molecule has 0 spiro atoms. The smallest absolute Gasteiger partial charge is 0.322 e. The van der Waals surface area contributed by atoms with E-state index in [0.717, 1.165) is 57.7 Å². The summed E-state index contributed by atoms with van der Waals surface area (Å²) in [6, 6.07) is 8.73. The van der Waals surface area contributed by atoms with Crippen molar-refractivity contribution in [2.75, 3.05) is 50.0 Å². The number of anilines is 2. The lowest BCUT2D eigenvalue weighted by molar-refractivity contribution is 0.160. The molecule has 2 amide bonds. The van der Waals surface area contributed by atoms with Gasteiger partial charge in [-0.1, -0.05) is 6.92 Å². The van der Waals surface area contributed by atoms with Gasteiger partial charge in [0.25, 0.3) is 0 Å². The van der Waals surface area contributed by atoms with Crippen molar-refractivity contribution < 1.29 is 4.79 Å². The molecule has 0 bridgehead atoms. The number of likely N-dealkylation sites (N-methyl/N-ethyl adjacent to an activating group) is 1. The average molecular weight is 330 g/mol. The van der Waals surface area contributed by atoms with Crippen molar-refractivity contribution in [3.63, 3.8) is 0 Å². The number of nitrogens with one attached hydrogen (secondary N) is 1. The van der Waals surface area contributed by atoms with Crippen molar-refractivity contribution in [2.24, 2.45) is 0 Å². The number of piperidine rings is 1. The van der Waals surface area contributed by atoms with E-state index in [4.69, 9.17) is 0 Å². The van der Waals surface area contributed by atoms with Gasteiger partial charge in [0.15, 0.2) is 0 Å². The predicted octanol–water partition coefficient (Wildman–Crippen LogP) is 3.23. The van der Waals surface area contributed by atoms with E-state index in [1.165, 1.54) is 12.1 Å². The minimum Gasteiger partial charge on any atom is -0.369 e. The highest BCUT2D eigenvalue weighted by molar-refractivity contribution is 5.89. The number of amides is 2. The standard InChI is InChI=1S/C19H30N4O/c1-3-17-6-4-5-11-23(17)19(24)20-16-7-9-18(10-8-16)22-14-12-21(2)13-15-22/h7-10,17H,3-6,11-15H2,1-2H3,(H,20,24). The number of carbonyl (C=O) groups excluding carboxylic acids is 1. The number of hydrogen-bond acceptors (Lipinski definition) is 3. The second kappa shape index (κ2) is 7.88. The third-order valence-corrected chi connectivity index (χ3v) is 5.35. The molecule has 2 aliphatic rings. The molecular weight excluding hydrogens is 300 g/mol. The molecule has 1 N–H and O–H groups in total. The summed E-state index contributed by atoms with van der Waals surface area (Å²) in [5.74, 6) is 0. The SMILES string of the molecule is CCC1CCCCN1C(=O)Nc1ccc(N2CCN(C)CC2)cc1. The maximum absolute atomic E-state index is 12.6. The second-order valence-corrected chi connectivity index (χ2v) is 7.02. The van der Waals surface area contributed by atoms with Gasteiger partial charge in [-0.3, -0.25) is 0 Å². The van der Waals surface area contributed by atoms with E-state index in [-0.39, 0.29) is 6.03 Å². The highest BCUT2D eigenvalue weighted by Crippen LogP contribution is 2.22. The molecule has 3 rings (SSSR count). The van der Waals surface area contributed by atoms with Gasteiger partial charge in [0.1, 0.15) is 0 Å². The summed E-state index contributed by atoms with van der Waals surface area (Å²) < 4.78 is 0. The minimum absolute atomic E-state index is 0.0499. The predicted molar refractivity (Wildman–Crippen MR) is 99.8 cm³/mol. The van der Waals surface area contributed by atoms with Crippen molar-refractivity contribution >= 4 is 17.4 Å². The van der Waals surface area contributed by atoms with Crippen molar-refractivity contribution in [1.29, 1.82) is 0 Å². The number of likely N-dealkylation sites (tertiary alicyclic amines) is 1. The first-order valence-corrected chi connectivity index (χ1v) is 9.28. The molecule has 0 aromatic heterocycles. The maximum Gasteiger partial charge on any atom is 0.322 e. The summed E-state index contributed by atoms with van der Waals surface area (Å²) in [7, 11) is 2.17. The molecular formula is C19H30N4O. The Balaban J connectivity index is 1.58. The van der Waals surface area contributed by atoms with Gasteiger partial charge in [0.2, 0.25) is 0 Å². The molecule has 0 aliphatic carbocycles. The lowest BCUT2D eigenvalue weighted by Gasteiger charge is -2.35. The van der Waals surface area contributed by atoms with Crippen molar-refractivity contribution in [1.82, 2.24) is 9.80 Å². The van der Waals surface area contributed by atoms with Crippen molar-refractivity contribution in [3.05, 3.63) is 24.3 Å². The second-order valence-electron chi connectivity index (χ2n) is 7.02. The van der Waals surface area contributed by atoms with Gasteiger partial charge in [0, 0.05) is 50.1 Å². The van der Waals surface area contributed by atoms with E-state index < -0.39 is 0 Å². The minimum atomic E-state index is 0.0499. The van der Waals surface area contributed by atoms with E-state index in [0.29, 0.717) is 6.04 Å². The third kappa shape index (κ3) is 4.01. The van der Waals surface area contributed by atoms with Crippen LogP contribution >= 0.6 is 0 Å². The van der Waals surface area contributed by atoms with E-state index >= 15 is 0 Å². The largest absolute Gasteiger partial charge is 0.369 e. The lowest BCUT2D eigenvalue weighted by atomic mass is 10.0. The fraction of sp³-hybridized carbons (Fsp3) is 0.632. The molecule has 1 aromatic rings. The first-order chi connectivity index (χ1) is 11.7. The number of urea groups is 1. The summed E-state index contributed by atoms with van der Waals surface area (Å²) >= 11 is 0. The molecule has 0 saturated carbocycles. The van der Waals surface area contributed by atoms with Gasteiger partial charge < -0.3 is 20.0 Å². The zero-order valence-corrected chi connectivity index (χ0v) is 15.0. The van der Waals surface area contributed by atoms with Gasteiger partial charge in [0.05, 0.1) is 0 Å². The van der Waals surface area contributed by atoms with Crippen LogP contribution in [0.4, 0.5) is 16.2 Å². The summed E-state index contributed by atoms with van der Waals surface area (Å²) in [4.78, 5) is 19.3. The van der Waals surface area contributed by atoms with E-state index in [1.807, 2.05) is 17.0 Å². The molecule has 2 fully saturated rings. The van der Waals surface area contributed by atoms with Crippen molar-refractivity contribution in [2.45, 2.75) is 38.6 Å². The molecule has 5 nitrogen and oxygen atoms in total. The van der Waals surface area contributed by atoms with Crippen LogP contribution in [0.2, 0.25) is 0 Å². The monoisotopic (exact) mass is 330 g/mol. The van der Waals surface area contributed by atoms with Gasteiger partial charge in [-0.15, -0.1) is 0 Å². The highest BCUT2D eigenvalue weighted by Gasteiger charge is 2.25. The quantitative estimate of drug-likeness (QED) is 0.925. The van der Waals surface area contributed by atoms with Crippen LogP contribution in [0.15, 0.2) is 24.3 Å². The zero-order chi connectivity index (χ0) is 16.9. The molecule has 1 atom stereocenters. The maximum atomic E-state index is 12.6. The number of nitrogens with zero attached hydrogens (tertiary/aromatic N) is 3. The molecule has 1 unspecified atom stereocenters. The molecule has 132 valence electrons. The molecule has 2 aliphatic heterocycles. The number of benzene rings is 1. The summed E-state index contributed by atoms with van der Waals surface area (Å²) in [6.45, 7) is 7.38. The Morgan fingerprint density at radius 2 is 1.79 bits per heavy atom. The van der Waals surface area contributed by atoms with Crippen LogP contribution in [0.25, 0.3) is 0 Å². The average Bonchev–Trinajstić information content (AvgIpc) is 2.63. The van der Waals surface area contributed by atoms with Crippen LogP contribution in [-0.2, 0) is 0 Å². The lowest BCUT2D eigenvalue weighted by Crippen LogP contribution is -2.45. The van der Waals surface area contributed by atoms with Gasteiger partial charge in [-0.25, -0.2) is 4.79 Å². The topological polar surface area (TPSA) is 38.8 Å². The first kappa shape index (κ1) is 17.1. The molecule has 24 heavy (non-hydrogen) atoms. The Bertz CT molecular complexity index is 537. The Kier molecular flexibility index (Phi) is 5.61. The Morgan fingerprint density at radius 3 is 2.46 bits per heavy atom. The fourth-order valence-electron chi connectivity index (χ4n) is 3.71.